The molecule has 1 aliphatic rings. The zero-order valence-corrected chi connectivity index (χ0v) is 13.1. The molecule has 0 spiro atoms. The molecule has 1 unspecified atom stereocenters. The lowest BCUT2D eigenvalue weighted by Gasteiger charge is -2.32. The predicted octanol–water partition coefficient (Wildman–Crippen LogP) is 3.15. The van der Waals surface area contributed by atoms with Crippen LogP contribution in [0.2, 0.25) is 0 Å². The Labute approximate surface area is 136 Å². The maximum Gasteiger partial charge on any atom is 0.432 e. The Morgan fingerprint density at radius 1 is 1.38 bits per heavy atom. The molecule has 0 aliphatic carbocycles. The molecule has 2 aromatic rings. The van der Waals surface area contributed by atoms with Gasteiger partial charge in [0.2, 0.25) is 0 Å². The number of halogens is 3. The minimum atomic E-state index is -4.44. The highest BCUT2D eigenvalue weighted by atomic mass is 19.4. The molecule has 1 fully saturated rings. The van der Waals surface area contributed by atoms with Gasteiger partial charge in [-0.15, -0.1) is 0 Å². The lowest BCUT2D eigenvalue weighted by molar-refractivity contribution is -0.141. The number of amides is 1. The average molecular weight is 338 g/mol. The van der Waals surface area contributed by atoms with E-state index in [1.54, 1.807) is 17.2 Å². The van der Waals surface area contributed by atoms with Gasteiger partial charge in [-0.05, 0) is 31.4 Å². The summed E-state index contributed by atoms with van der Waals surface area (Å²) in [7, 11) is 0. The summed E-state index contributed by atoms with van der Waals surface area (Å²) in [5.74, 6) is -0.152. The number of aryl methyl sites for hydroxylation is 1. The van der Waals surface area contributed by atoms with E-state index in [4.69, 9.17) is 0 Å². The summed E-state index contributed by atoms with van der Waals surface area (Å²) in [6, 6.07) is 3.57. The third-order valence-electron chi connectivity index (χ3n) is 4.21. The standard InChI is InChI=1S/C16H17F3N4O/c1-10-4-2-6-20-13(10)15(24)23-7-3-5-11(9-23)14-21-8-12(22-14)16(17,18)19/h2,4,6,8,11H,3,5,7,9H2,1H3,(H,21,22). The van der Waals surface area contributed by atoms with Crippen LogP contribution >= 0.6 is 0 Å². The van der Waals surface area contributed by atoms with Crippen molar-refractivity contribution in [1.29, 1.82) is 0 Å². The van der Waals surface area contributed by atoms with E-state index in [1.165, 1.54) is 0 Å². The van der Waals surface area contributed by atoms with Gasteiger partial charge in [0, 0.05) is 25.2 Å². The number of nitrogens with one attached hydrogen (secondary N) is 1. The molecule has 1 N–H and O–H groups in total. The first-order valence-corrected chi connectivity index (χ1v) is 7.69. The van der Waals surface area contributed by atoms with Crippen LogP contribution in [0, 0.1) is 6.92 Å². The summed E-state index contributed by atoms with van der Waals surface area (Å²) in [6.45, 7) is 2.71. The van der Waals surface area contributed by atoms with Crippen molar-refractivity contribution in [2.75, 3.05) is 13.1 Å². The van der Waals surface area contributed by atoms with Gasteiger partial charge >= 0.3 is 6.18 Å². The fraction of sp³-hybridized carbons (Fsp3) is 0.438. The Bertz CT molecular complexity index is 741. The van der Waals surface area contributed by atoms with E-state index < -0.39 is 11.9 Å². The zero-order valence-electron chi connectivity index (χ0n) is 13.1. The minimum Gasteiger partial charge on any atom is -0.338 e. The Morgan fingerprint density at radius 3 is 2.83 bits per heavy atom. The highest BCUT2D eigenvalue weighted by molar-refractivity contribution is 5.93. The monoisotopic (exact) mass is 338 g/mol. The molecule has 0 bridgehead atoms. The van der Waals surface area contributed by atoms with E-state index in [1.807, 2.05) is 13.0 Å². The van der Waals surface area contributed by atoms with Crippen molar-refractivity contribution in [3.05, 3.63) is 47.3 Å². The topological polar surface area (TPSA) is 61.9 Å². The molecule has 3 heterocycles. The van der Waals surface area contributed by atoms with Crippen molar-refractivity contribution in [1.82, 2.24) is 19.9 Å². The Balaban J connectivity index is 1.76. The fourth-order valence-electron chi connectivity index (χ4n) is 2.93. The number of alkyl halides is 3. The van der Waals surface area contributed by atoms with Crippen molar-refractivity contribution in [2.24, 2.45) is 0 Å². The third-order valence-corrected chi connectivity index (χ3v) is 4.21. The Kier molecular flexibility index (Phi) is 4.29. The van der Waals surface area contributed by atoms with Crippen molar-refractivity contribution in [3.63, 3.8) is 0 Å². The largest absolute Gasteiger partial charge is 0.432 e. The third kappa shape index (κ3) is 3.27. The number of pyridine rings is 1. The molecule has 8 heteroatoms. The molecule has 3 rings (SSSR count). The average Bonchev–Trinajstić information content (AvgIpc) is 3.05. The van der Waals surface area contributed by atoms with Gasteiger partial charge in [0.15, 0.2) is 0 Å². The summed E-state index contributed by atoms with van der Waals surface area (Å²) in [6.07, 6.45) is -0.677. The number of hydrogen-bond acceptors (Lipinski definition) is 3. The van der Waals surface area contributed by atoms with Crippen LogP contribution in [-0.4, -0.2) is 38.8 Å². The Morgan fingerprint density at radius 2 is 2.17 bits per heavy atom. The second kappa shape index (κ2) is 6.26. The van der Waals surface area contributed by atoms with E-state index in [-0.39, 0.29) is 17.6 Å². The van der Waals surface area contributed by atoms with Crippen LogP contribution in [-0.2, 0) is 6.18 Å². The number of aromatic amines is 1. The van der Waals surface area contributed by atoms with Crippen molar-refractivity contribution < 1.29 is 18.0 Å². The van der Waals surface area contributed by atoms with Gasteiger partial charge in [-0.1, -0.05) is 6.07 Å². The van der Waals surface area contributed by atoms with Crippen LogP contribution in [0.1, 0.15) is 46.3 Å². The second-order valence-electron chi connectivity index (χ2n) is 5.94. The van der Waals surface area contributed by atoms with Gasteiger partial charge in [0.05, 0.1) is 6.20 Å². The van der Waals surface area contributed by atoms with Gasteiger partial charge in [0.1, 0.15) is 17.2 Å². The number of carbonyl (C=O) groups excluding carboxylic acids is 1. The van der Waals surface area contributed by atoms with E-state index in [2.05, 4.69) is 15.0 Å². The number of H-pyrrole nitrogens is 1. The van der Waals surface area contributed by atoms with Crippen LogP contribution in [0.15, 0.2) is 24.5 Å². The van der Waals surface area contributed by atoms with E-state index in [0.717, 1.165) is 11.8 Å². The zero-order chi connectivity index (χ0) is 17.3. The van der Waals surface area contributed by atoms with Crippen LogP contribution < -0.4 is 0 Å². The maximum atomic E-state index is 12.7. The molecular weight excluding hydrogens is 321 g/mol. The second-order valence-corrected chi connectivity index (χ2v) is 5.94. The molecule has 1 atom stereocenters. The van der Waals surface area contributed by atoms with Crippen LogP contribution in [0.3, 0.4) is 0 Å². The van der Waals surface area contributed by atoms with E-state index in [9.17, 15) is 18.0 Å². The van der Waals surface area contributed by atoms with Gasteiger partial charge in [0.25, 0.3) is 5.91 Å². The van der Waals surface area contributed by atoms with Gasteiger partial charge < -0.3 is 9.88 Å². The summed E-state index contributed by atoms with van der Waals surface area (Å²) in [5.41, 5.74) is 0.303. The first kappa shape index (κ1) is 16.5. The molecule has 0 radical (unpaired) electrons. The first-order valence-electron chi connectivity index (χ1n) is 7.69. The molecule has 0 saturated carbocycles. The lowest BCUT2D eigenvalue weighted by atomic mass is 9.97. The maximum absolute atomic E-state index is 12.7. The van der Waals surface area contributed by atoms with E-state index in [0.29, 0.717) is 31.6 Å². The molecule has 128 valence electrons. The highest BCUT2D eigenvalue weighted by Crippen LogP contribution is 2.31. The first-order chi connectivity index (χ1) is 11.4. The molecule has 2 aromatic heterocycles. The molecule has 5 nitrogen and oxygen atoms in total. The number of nitrogens with zero attached hydrogens (tertiary/aromatic N) is 3. The number of aromatic nitrogens is 3. The van der Waals surface area contributed by atoms with E-state index >= 15 is 0 Å². The number of imidazole rings is 1. The molecular formula is C16H17F3N4O. The summed E-state index contributed by atoms with van der Waals surface area (Å²) in [5, 5.41) is 0. The smallest absolute Gasteiger partial charge is 0.338 e. The quantitative estimate of drug-likeness (QED) is 0.915. The van der Waals surface area contributed by atoms with Crippen LogP contribution in [0.25, 0.3) is 0 Å². The van der Waals surface area contributed by atoms with Crippen LogP contribution in [0.5, 0.6) is 0 Å². The lowest BCUT2D eigenvalue weighted by Crippen LogP contribution is -2.40. The number of carbonyl (C=O) groups is 1. The van der Waals surface area contributed by atoms with Crippen molar-refractivity contribution >= 4 is 5.91 Å². The molecule has 1 amide bonds. The normalized spacial score (nSPS) is 18.7. The molecule has 0 aromatic carbocycles. The number of rotatable bonds is 2. The number of hydrogen-bond donors (Lipinski definition) is 1. The highest BCUT2D eigenvalue weighted by Gasteiger charge is 2.35. The molecule has 1 saturated heterocycles. The summed E-state index contributed by atoms with van der Waals surface area (Å²) < 4.78 is 38.1. The Hall–Kier alpha value is -2.38. The van der Waals surface area contributed by atoms with Gasteiger partial charge in [-0.3, -0.25) is 9.78 Å². The summed E-state index contributed by atoms with van der Waals surface area (Å²) >= 11 is 0. The van der Waals surface area contributed by atoms with Gasteiger partial charge in [-0.25, -0.2) is 4.98 Å². The minimum absolute atomic E-state index is 0.194. The van der Waals surface area contributed by atoms with Crippen molar-refractivity contribution in [2.45, 2.75) is 31.9 Å². The SMILES string of the molecule is Cc1cccnc1C(=O)N1CCCC(c2ncc(C(F)(F)F)[nH]2)C1. The van der Waals surface area contributed by atoms with Crippen molar-refractivity contribution in [3.8, 4) is 0 Å². The fourth-order valence-corrected chi connectivity index (χ4v) is 2.93. The molecule has 24 heavy (non-hydrogen) atoms. The van der Waals surface area contributed by atoms with Gasteiger partial charge in [-0.2, -0.15) is 13.2 Å². The number of piperidine rings is 1. The summed E-state index contributed by atoms with van der Waals surface area (Å²) in [4.78, 5) is 24.6. The van der Waals surface area contributed by atoms with Crippen LogP contribution in [0.4, 0.5) is 13.2 Å². The predicted molar refractivity (Wildman–Crippen MR) is 80.4 cm³/mol. The number of likely N-dealkylation sites (tertiary alicyclic amines) is 1. The molecule has 1 aliphatic heterocycles.